The van der Waals surface area contributed by atoms with Gasteiger partial charge in [-0.3, -0.25) is 4.99 Å². The summed E-state index contributed by atoms with van der Waals surface area (Å²) in [5.74, 6) is 3.39. The maximum atomic E-state index is 5.78. The summed E-state index contributed by atoms with van der Waals surface area (Å²) in [6.07, 6.45) is 1.75. The Morgan fingerprint density at radius 3 is 2.83 bits per heavy atom. The number of fused-ring (bicyclic) bond motifs is 1. The fourth-order valence-electron chi connectivity index (χ4n) is 3.11. The van der Waals surface area contributed by atoms with Crippen LogP contribution in [0.4, 0.5) is 0 Å². The van der Waals surface area contributed by atoms with Gasteiger partial charge in [-0.2, -0.15) is 0 Å². The van der Waals surface area contributed by atoms with Crippen molar-refractivity contribution in [1.82, 2.24) is 10.6 Å². The third-order valence-electron chi connectivity index (χ3n) is 4.50. The average Bonchev–Trinajstić information content (AvgIpc) is 2.74. The molecule has 1 aliphatic rings. The predicted octanol–water partition coefficient (Wildman–Crippen LogP) is 4.16. The number of nitrogens with zero attached hydrogens (tertiary/aromatic N) is 1. The molecule has 158 valence electrons. The molecule has 0 fully saturated rings. The van der Waals surface area contributed by atoms with Gasteiger partial charge >= 0.3 is 0 Å². The first-order valence-corrected chi connectivity index (χ1v) is 9.83. The van der Waals surface area contributed by atoms with E-state index in [1.807, 2.05) is 42.5 Å². The Balaban J connectivity index is 0.00000300. The molecule has 6 nitrogen and oxygen atoms in total. The highest BCUT2D eigenvalue weighted by Gasteiger charge is 2.21. The minimum atomic E-state index is 0. The zero-order chi connectivity index (χ0) is 19.6. The minimum absolute atomic E-state index is 0. The maximum absolute atomic E-state index is 5.78. The molecule has 1 atom stereocenters. The number of aliphatic imine (C=N–C) groups is 1. The van der Waals surface area contributed by atoms with Gasteiger partial charge in [-0.15, -0.1) is 24.0 Å². The standard InChI is InChI=1S/C22H29N3O3.HI/c1-3-23-22(25-20-12-15-28-21-11-5-4-10-19(20)21)24-13-7-14-27-18-9-6-8-17(16-18)26-2;/h4-6,8-11,16,20H,3,7,12-15H2,1-2H3,(H2,23,24,25);1H. The number of benzene rings is 2. The lowest BCUT2D eigenvalue weighted by molar-refractivity contribution is 0.261. The third-order valence-corrected chi connectivity index (χ3v) is 4.50. The monoisotopic (exact) mass is 511 g/mol. The molecule has 1 aliphatic heterocycles. The SMILES string of the molecule is CCNC(=NCCCOc1cccc(OC)c1)NC1CCOc2ccccc21.I. The first-order valence-electron chi connectivity index (χ1n) is 9.83. The van der Waals surface area contributed by atoms with Gasteiger partial charge < -0.3 is 24.8 Å². The van der Waals surface area contributed by atoms with Crippen molar-refractivity contribution in [3.05, 3.63) is 54.1 Å². The number of halogens is 1. The zero-order valence-electron chi connectivity index (χ0n) is 17.0. The summed E-state index contributed by atoms with van der Waals surface area (Å²) in [6, 6.07) is 16.0. The molecule has 29 heavy (non-hydrogen) atoms. The summed E-state index contributed by atoms with van der Waals surface area (Å²) >= 11 is 0. The Morgan fingerprint density at radius 2 is 2.00 bits per heavy atom. The van der Waals surface area contributed by atoms with E-state index in [0.29, 0.717) is 19.8 Å². The maximum Gasteiger partial charge on any atom is 0.191 e. The minimum Gasteiger partial charge on any atom is -0.497 e. The molecule has 2 aromatic rings. The topological polar surface area (TPSA) is 64.1 Å². The Bertz CT molecular complexity index is 785. The van der Waals surface area contributed by atoms with Crippen molar-refractivity contribution in [2.24, 2.45) is 4.99 Å². The normalized spacial score (nSPS) is 15.4. The molecule has 1 heterocycles. The Kier molecular flexibility index (Phi) is 9.90. The van der Waals surface area contributed by atoms with Crippen LogP contribution in [-0.2, 0) is 0 Å². The smallest absolute Gasteiger partial charge is 0.191 e. The number of guanidine groups is 1. The summed E-state index contributed by atoms with van der Waals surface area (Å²) in [4.78, 5) is 4.69. The summed E-state index contributed by atoms with van der Waals surface area (Å²) < 4.78 is 16.7. The fraction of sp³-hybridized carbons (Fsp3) is 0.409. The van der Waals surface area contributed by atoms with Crippen LogP contribution in [0.5, 0.6) is 17.2 Å². The molecule has 2 aromatic carbocycles. The molecule has 3 rings (SSSR count). The fourth-order valence-corrected chi connectivity index (χ4v) is 3.11. The second-order valence-electron chi connectivity index (χ2n) is 6.51. The van der Waals surface area contributed by atoms with Crippen molar-refractivity contribution in [3.8, 4) is 17.2 Å². The second-order valence-corrected chi connectivity index (χ2v) is 6.51. The largest absolute Gasteiger partial charge is 0.497 e. The number of hydrogen-bond donors (Lipinski definition) is 2. The van der Waals surface area contributed by atoms with E-state index >= 15 is 0 Å². The summed E-state index contributed by atoms with van der Waals surface area (Å²) in [6.45, 7) is 4.89. The van der Waals surface area contributed by atoms with E-state index in [1.165, 1.54) is 5.56 Å². The van der Waals surface area contributed by atoms with Crippen LogP contribution in [0.3, 0.4) is 0 Å². The first-order chi connectivity index (χ1) is 13.8. The number of hydrogen-bond acceptors (Lipinski definition) is 4. The lowest BCUT2D eigenvalue weighted by atomic mass is 10.0. The van der Waals surface area contributed by atoms with Gasteiger partial charge in [0.25, 0.3) is 0 Å². The summed E-state index contributed by atoms with van der Waals surface area (Å²) in [5.41, 5.74) is 1.18. The Morgan fingerprint density at radius 1 is 1.17 bits per heavy atom. The van der Waals surface area contributed by atoms with Gasteiger partial charge in [0.15, 0.2) is 5.96 Å². The van der Waals surface area contributed by atoms with E-state index < -0.39 is 0 Å². The Labute approximate surface area is 190 Å². The Hall–Kier alpha value is -2.16. The molecule has 0 radical (unpaired) electrons. The van der Waals surface area contributed by atoms with Crippen molar-refractivity contribution in [1.29, 1.82) is 0 Å². The van der Waals surface area contributed by atoms with E-state index in [4.69, 9.17) is 19.2 Å². The zero-order valence-corrected chi connectivity index (χ0v) is 19.3. The van der Waals surface area contributed by atoms with E-state index in [1.54, 1.807) is 7.11 Å². The molecule has 0 aliphatic carbocycles. The van der Waals surface area contributed by atoms with Crippen LogP contribution in [0.25, 0.3) is 0 Å². The van der Waals surface area contributed by atoms with Gasteiger partial charge in [0.1, 0.15) is 17.2 Å². The quantitative estimate of drug-likeness (QED) is 0.241. The van der Waals surface area contributed by atoms with E-state index in [2.05, 4.69) is 23.6 Å². The van der Waals surface area contributed by atoms with Crippen LogP contribution >= 0.6 is 24.0 Å². The van der Waals surface area contributed by atoms with Gasteiger partial charge in [0.05, 0.1) is 26.4 Å². The number of rotatable bonds is 8. The number of para-hydroxylation sites is 1. The molecule has 0 spiro atoms. The molecule has 0 aromatic heterocycles. The van der Waals surface area contributed by atoms with E-state index in [-0.39, 0.29) is 30.0 Å². The number of ether oxygens (including phenoxy) is 3. The van der Waals surface area contributed by atoms with Gasteiger partial charge in [0.2, 0.25) is 0 Å². The lowest BCUT2D eigenvalue weighted by Crippen LogP contribution is -2.41. The van der Waals surface area contributed by atoms with Gasteiger partial charge in [-0.05, 0) is 25.1 Å². The first kappa shape index (κ1) is 23.1. The molecular formula is C22H30IN3O3. The molecule has 0 saturated heterocycles. The summed E-state index contributed by atoms with van der Waals surface area (Å²) in [5, 5.41) is 6.86. The van der Waals surface area contributed by atoms with Crippen LogP contribution in [0.1, 0.15) is 31.4 Å². The van der Waals surface area contributed by atoms with Crippen molar-refractivity contribution < 1.29 is 14.2 Å². The van der Waals surface area contributed by atoms with Crippen LogP contribution < -0.4 is 24.8 Å². The van der Waals surface area contributed by atoms with Crippen molar-refractivity contribution >= 4 is 29.9 Å². The van der Waals surface area contributed by atoms with Crippen LogP contribution in [0, 0.1) is 0 Å². The van der Waals surface area contributed by atoms with Crippen LogP contribution in [-0.4, -0.2) is 39.4 Å². The van der Waals surface area contributed by atoms with Gasteiger partial charge in [-0.25, -0.2) is 0 Å². The van der Waals surface area contributed by atoms with Crippen molar-refractivity contribution in [2.75, 3.05) is 33.4 Å². The van der Waals surface area contributed by atoms with E-state index in [0.717, 1.165) is 42.6 Å². The molecule has 0 saturated carbocycles. The number of methoxy groups -OCH3 is 1. The van der Waals surface area contributed by atoms with Gasteiger partial charge in [0, 0.05) is 37.6 Å². The van der Waals surface area contributed by atoms with Crippen molar-refractivity contribution in [3.63, 3.8) is 0 Å². The number of nitrogens with one attached hydrogen (secondary N) is 2. The van der Waals surface area contributed by atoms with Crippen LogP contribution in [0.2, 0.25) is 0 Å². The molecule has 0 amide bonds. The summed E-state index contributed by atoms with van der Waals surface area (Å²) in [7, 11) is 1.65. The third kappa shape index (κ3) is 6.99. The predicted molar refractivity (Wildman–Crippen MR) is 127 cm³/mol. The molecule has 0 bridgehead atoms. The molecule has 7 heteroatoms. The average molecular weight is 511 g/mol. The lowest BCUT2D eigenvalue weighted by Gasteiger charge is -2.28. The van der Waals surface area contributed by atoms with Crippen molar-refractivity contribution in [2.45, 2.75) is 25.8 Å². The second kappa shape index (κ2) is 12.4. The molecule has 1 unspecified atom stereocenters. The molecular weight excluding hydrogens is 481 g/mol. The highest BCUT2D eigenvalue weighted by Crippen LogP contribution is 2.31. The highest BCUT2D eigenvalue weighted by molar-refractivity contribution is 14.0. The molecule has 2 N–H and O–H groups in total. The van der Waals surface area contributed by atoms with Crippen LogP contribution in [0.15, 0.2) is 53.5 Å². The highest BCUT2D eigenvalue weighted by atomic mass is 127. The van der Waals surface area contributed by atoms with E-state index in [9.17, 15) is 0 Å². The van der Waals surface area contributed by atoms with Gasteiger partial charge in [-0.1, -0.05) is 24.3 Å².